The zero-order valence-corrected chi connectivity index (χ0v) is 11.0. The van der Waals surface area contributed by atoms with E-state index in [1.165, 1.54) is 0 Å². The van der Waals surface area contributed by atoms with E-state index in [1.807, 2.05) is 24.3 Å². The molecular weight excluding hydrogens is 248 g/mol. The molecule has 1 aliphatic rings. The standard InChI is InChI=1S/C14H15ClN2O/c1-18-12-5-3-10-11(17-12)4-2-9(13(10)15)8-14(16)6-7-14/h2-5H,6-8,16H2,1H3. The van der Waals surface area contributed by atoms with Crippen molar-refractivity contribution in [1.82, 2.24) is 4.98 Å². The van der Waals surface area contributed by atoms with Gasteiger partial charge in [-0.05, 0) is 37.0 Å². The smallest absolute Gasteiger partial charge is 0.213 e. The molecule has 0 saturated heterocycles. The predicted octanol–water partition coefficient (Wildman–Crippen LogP) is 2.93. The van der Waals surface area contributed by atoms with Crippen molar-refractivity contribution in [2.45, 2.75) is 24.8 Å². The molecule has 1 aromatic heterocycles. The van der Waals surface area contributed by atoms with Gasteiger partial charge in [0.15, 0.2) is 0 Å². The van der Waals surface area contributed by atoms with Gasteiger partial charge in [-0.1, -0.05) is 17.7 Å². The second-order valence-electron chi connectivity index (χ2n) is 5.00. The summed E-state index contributed by atoms with van der Waals surface area (Å²) >= 11 is 6.43. The Bertz CT molecular complexity index is 608. The van der Waals surface area contributed by atoms with Crippen LogP contribution in [-0.4, -0.2) is 17.6 Å². The summed E-state index contributed by atoms with van der Waals surface area (Å²) in [4.78, 5) is 4.37. The summed E-state index contributed by atoms with van der Waals surface area (Å²) in [6.45, 7) is 0. The lowest BCUT2D eigenvalue weighted by atomic mass is 10.0. The van der Waals surface area contributed by atoms with Crippen LogP contribution in [0.3, 0.4) is 0 Å². The quantitative estimate of drug-likeness (QED) is 0.925. The molecule has 3 nitrogen and oxygen atoms in total. The van der Waals surface area contributed by atoms with Crippen molar-refractivity contribution in [3.8, 4) is 5.88 Å². The largest absolute Gasteiger partial charge is 0.481 e. The maximum atomic E-state index is 6.43. The summed E-state index contributed by atoms with van der Waals surface area (Å²) in [7, 11) is 1.61. The Labute approximate surface area is 111 Å². The first kappa shape index (κ1) is 11.8. The van der Waals surface area contributed by atoms with Gasteiger partial charge in [0.1, 0.15) is 0 Å². The van der Waals surface area contributed by atoms with Crippen LogP contribution in [0.5, 0.6) is 5.88 Å². The molecule has 2 aromatic rings. The van der Waals surface area contributed by atoms with E-state index in [-0.39, 0.29) is 5.54 Å². The summed E-state index contributed by atoms with van der Waals surface area (Å²) in [6, 6.07) is 7.77. The highest BCUT2D eigenvalue weighted by molar-refractivity contribution is 6.36. The average Bonchev–Trinajstić information content (AvgIpc) is 3.10. The van der Waals surface area contributed by atoms with E-state index >= 15 is 0 Å². The molecule has 0 amide bonds. The second kappa shape index (κ2) is 4.11. The molecule has 1 heterocycles. The fraction of sp³-hybridized carbons (Fsp3) is 0.357. The summed E-state index contributed by atoms with van der Waals surface area (Å²) in [6.07, 6.45) is 3.01. The number of halogens is 1. The Balaban J connectivity index is 2.05. The van der Waals surface area contributed by atoms with Gasteiger partial charge in [0.25, 0.3) is 0 Å². The van der Waals surface area contributed by atoms with E-state index in [4.69, 9.17) is 22.1 Å². The SMILES string of the molecule is COc1ccc2c(Cl)c(CC3(N)CC3)ccc2n1. The van der Waals surface area contributed by atoms with Crippen molar-refractivity contribution in [2.24, 2.45) is 5.73 Å². The van der Waals surface area contributed by atoms with Crippen LogP contribution < -0.4 is 10.5 Å². The fourth-order valence-electron chi connectivity index (χ4n) is 2.16. The number of ether oxygens (including phenoxy) is 1. The Morgan fingerprint density at radius 3 is 2.78 bits per heavy atom. The number of rotatable bonds is 3. The number of nitrogens with zero attached hydrogens (tertiary/aromatic N) is 1. The van der Waals surface area contributed by atoms with Crippen molar-refractivity contribution in [2.75, 3.05) is 7.11 Å². The van der Waals surface area contributed by atoms with Crippen LogP contribution in [0.4, 0.5) is 0 Å². The molecule has 0 spiro atoms. The van der Waals surface area contributed by atoms with E-state index < -0.39 is 0 Å². The summed E-state index contributed by atoms with van der Waals surface area (Å²) in [5.41, 5.74) is 8.07. The third-order valence-electron chi connectivity index (χ3n) is 3.50. The van der Waals surface area contributed by atoms with Gasteiger partial charge in [0.05, 0.1) is 17.6 Å². The topological polar surface area (TPSA) is 48.1 Å². The average molecular weight is 263 g/mol. The highest BCUT2D eigenvalue weighted by Crippen LogP contribution is 2.38. The molecular formula is C14H15ClN2O. The number of hydrogen-bond acceptors (Lipinski definition) is 3. The van der Waals surface area contributed by atoms with Gasteiger partial charge >= 0.3 is 0 Å². The molecule has 0 bridgehead atoms. The van der Waals surface area contributed by atoms with Gasteiger partial charge in [-0.25, -0.2) is 4.98 Å². The van der Waals surface area contributed by atoms with E-state index in [1.54, 1.807) is 7.11 Å². The number of methoxy groups -OCH3 is 1. The number of nitrogens with two attached hydrogens (primary N) is 1. The first-order valence-electron chi connectivity index (χ1n) is 6.02. The molecule has 3 rings (SSSR count). The zero-order chi connectivity index (χ0) is 12.8. The molecule has 94 valence electrons. The first-order chi connectivity index (χ1) is 8.61. The number of hydrogen-bond donors (Lipinski definition) is 1. The minimum Gasteiger partial charge on any atom is -0.481 e. The highest BCUT2D eigenvalue weighted by Gasteiger charge is 2.38. The van der Waals surface area contributed by atoms with Crippen molar-refractivity contribution >= 4 is 22.5 Å². The normalized spacial score (nSPS) is 16.8. The lowest BCUT2D eigenvalue weighted by Gasteiger charge is -2.12. The monoisotopic (exact) mass is 262 g/mol. The molecule has 1 aliphatic carbocycles. The van der Waals surface area contributed by atoms with Crippen LogP contribution >= 0.6 is 11.6 Å². The molecule has 1 fully saturated rings. The molecule has 4 heteroatoms. The molecule has 1 saturated carbocycles. The third kappa shape index (κ3) is 2.04. The van der Waals surface area contributed by atoms with Crippen molar-refractivity contribution in [3.05, 3.63) is 34.9 Å². The lowest BCUT2D eigenvalue weighted by Crippen LogP contribution is -2.24. The molecule has 18 heavy (non-hydrogen) atoms. The second-order valence-corrected chi connectivity index (χ2v) is 5.38. The van der Waals surface area contributed by atoms with Gasteiger partial charge in [0, 0.05) is 17.0 Å². The number of pyridine rings is 1. The van der Waals surface area contributed by atoms with E-state index in [0.29, 0.717) is 5.88 Å². The number of fused-ring (bicyclic) bond motifs is 1. The minimum atomic E-state index is -0.0305. The molecule has 2 N–H and O–H groups in total. The van der Waals surface area contributed by atoms with Gasteiger partial charge in [0.2, 0.25) is 5.88 Å². The first-order valence-corrected chi connectivity index (χ1v) is 6.40. The summed E-state index contributed by atoms with van der Waals surface area (Å²) < 4.78 is 5.11. The lowest BCUT2D eigenvalue weighted by molar-refractivity contribution is 0.399. The predicted molar refractivity (Wildman–Crippen MR) is 73.2 cm³/mol. The maximum Gasteiger partial charge on any atom is 0.213 e. The number of benzene rings is 1. The highest BCUT2D eigenvalue weighted by atomic mass is 35.5. The maximum absolute atomic E-state index is 6.43. The van der Waals surface area contributed by atoms with E-state index in [2.05, 4.69) is 4.98 Å². The molecule has 1 aromatic carbocycles. The Hall–Kier alpha value is -1.32. The van der Waals surface area contributed by atoms with E-state index in [0.717, 1.165) is 40.8 Å². The molecule has 0 radical (unpaired) electrons. The van der Waals surface area contributed by atoms with Gasteiger partial charge < -0.3 is 10.5 Å². The van der Waals surface area contributed by atoms with Gasteiger partial charge in [-0.3, -0.25) is 0 Å². The van der Waals surface area contributed by atoms with Crippen molar-refractivity contribution in [3.63, 3.8) is 0 Å². The van der Waals surface area contributed by atoms with Crippen LogP contribution in [0.1, 0.15) is 18.4 Å². The molecule has 0 aliphatic heterocycles. The Morgan fingerprint density at radius 2 is 2.11 bits per heavy atom. The summed E-state index contributed by atoms with van der Waals surface area (Å²) in [5, 5.41) is 1.72. The van der Waals surface area contributed by atoms with Crippen molar-refractivity contribution < 1.29 is 4.74 Å². The van der Waals surface area contributed by atoms with Crippen LogP contribution in [0.15, 0.2) is 24.3 Å². The Kier molecular flexibility index (Phi) is 2.68. The van der Waals surface area contributed by atoms with Gasteiger partial charge in [-0.15, -0.1) is 0 Å². The zero-order valence-electron chi connectivity index (χ0n) is 10.2. The fourth-order valence-corrected chi connectivity index (χ4v) is 2.45. The van der Waals surface area contributed by atoms with Crippen LogP contribution in [0.25, 0.3) is 10.9 Å². The number of aromatic nitrogens is 1. The van der Waals surface area contributed by atoms with Crippen LogP contribution in [0.2, 0.25) is 5.02 Å². The van der Waals surface area contributed by atoms with Gasteiger partial charge in [-0.2, -0.15) is 0 Å². The van der Waals surface area contributed by atoms with E-state index in [9.17, 15) is 0 Å². The third-order valence-corrected chi connectivity index (χ3v) is 3.95. The Morgan fingerprint density at radius 1 is 1.33 bits per heavy atom. The van der Waals surface area contributed by atoms with Crippen molar-refractivity contribution in [1.29, 1.82) is 0 Å². The summed E-state index contributed by atoms with van der Waals surface area (Å²) in [5.74, 6) is 0.601. The van der Waals surface area contributed by atoms with Crippen LogP contribution in [0, 0.1) is 0 Å². The molecule has 0 atom stereocenters. The van der Waals surface area contributed by atoms with Crippen LogP contribution in [-0.2, 0) is 6.42 Å². The molecule has 0 unspecified atom stereocenters. The minimum absolute atomic E-state index is 0.0305.